The molecule has 1 aliphatic rings. The highest BCUT2D eigenvalue weighted by Gasteiger charge is 2.40. The number of hydrogen-bond donors (Lipinski definition) is 1. The summed E-state index contributed by atoms with van der Waals surface area (Å²) in [4.78, 5) is 30.3. The number of pyridine rings is 1. The summed E-state index contributed by atoms with van der Waals surface area (Å²) in [6, 6.07) is 9.14. The van der Waals surface area contributed by atoms with Gasteiger partial charge in [-0.2, -0.15) is 4.31 Å². The SMILES string of the molecule is C=CC(=O)N1C[C@@H](C)N(S(C)(=O)=O)[C@H](c2cc(Cl)nc(-c3cccc(C(=O)NC)c3)c2)C1. The predicted octanol–water partition coefficient (Wildman–Crippen LogP) is 2.48. The van der Waals surface area contributed by atoms with Crippen LogP contribution in [0.2, 0.25) is 5.15 Å². The number of sulfonamides is 1. The van der Waals surface area contributed by atoms with E-state index in [0.717, 1.165) is 6.26 Å². The maximum atomic E-state index is 12.6. The summed E-state index contributed by atoms with van der Waals surface area (Å²) in [7, 11) is -2.04. The summed E-state index contributed by atoms with van der Waals surface area (Å²) < 4.78 is 26.7. The molecule has 170 valence electrons. The maximum Gasteiger partial charge on any atom is 0.251 e. The van der Waals surface area contributed by atoms with Crippen molar-refractivity contribution in [2.75, 3.05) is 26.4 Å². The van der Waals surface area contributed by atoms with Gasteiger partial charge in [-0.1, -0.05) is 30.3 Å². The molecule has 0 radical (unpaired) electrons. The summed E-state index contributed by atoms with van der Waals surface area (Å²) in [5.74, 6) is -0.509. The molecule has 32 heavy (non-hydrogen) atoms. The van der Waals surface area contributed by atoms with Gasteiger partial charge in [-0.15, -0.1) is 0 Å². The van der Waals surface area contributed by atoms with E-state index in [1.165, 1.54) is 10.4 Å². The highest BCUT2D eigenvalue weighted by atomic mass is 35.5. The Balaban J connectivity index is 2.10. The molecule has 2 amide bonds. The summed E-state index contributed by atoms with van der Waals surface area (Å²) in [5, 5.41) is 2.76. The second-order valence-electron chi connectivity index (χ2n) is 7.67. The van der Waals surface area contributed by atoms with Gasteiger partial charge < -0.3 is 10.2 Å². The molecule has 0 aliphatic carbocycles. The van der Waals surface area contributed by atoms with Gasteiger partial charge >= 0.3 is 0 Å². The van der Waals surface area contributed by atoms with Crippen molar-refractivity contribution in [2.24, 2.45) is 0 Å². The normalized spacial score (nSPS) is 19.4. The van der Waals surface area contributed by atoms with Gasteiger partial charge in [0.2, 0.25) is 15.9 Å². The van der Waals surface area contributed by atoms with Gasteiger partial charge in [-0.3, -0.25) is 9.59 Å². The van der Waals surface area contributed by atoms with Crippen LogP contribution in [-0.2, 0) is 14.8 Å². The van der Waals surface area contributed by atoms with E-state index in [0.29, 0.717) is 22.4 Å². The number of piperazine rings is 1. The number of nitrogens with one attached hydrogen (secondary N) is 1. The minimum Gasteiger partial charge on any atom is -0.355 e. The number of halogens is 1. The third-order valence-corrected chi connectivity index (χ3v) is 6.91. The first kappa shape index (κ1) is 23.9. The first-order valence-corrected chi connectivity index (χ1v) is 12.2. The Bertz CT molecular complexity index is 1170. The molecule has 10 heteroatoms. The molecule has 1 aliphatic heterocycles. The number of nitrogens with zero attached hydrogens (tertiary/aromatic N) is 3. The molecule has 1 fully saturated rings. The summed E-state index contributed by atoms with van der Waals surface area (Å²) in [5.41, 5.74) is 2.21. The fourth-order valence-electron chi connectivity index (χ4n) is 4.01. The van der Waals surface area contributed by atoms with Gasteiger partial charge in [-0.05, 0) is 42.8 Å². The van der Waals surface area contributed by atoms with Crippen molar-refractivity contribution in [1.82, 2.24) is 19.5 Å². The standard InChI is InChI=1S/C22H25ClN4O4S/c1-5-21(28)26-12-14(2)27(32(4,30)31)19(13-26)17-10-18(25-20(23)11-17)15-7-6-8-16(9-15)22(29)24-3/h5-11,14,19H,1,12-13H2,2-4H3,(H,24,29)/t14-,19+/m1/s1. The molecule has 2 aromatic rings. The molecule has 8 nitrogen and oxygen atoms in total. The Labute approximate surface area is 192 Å². The largest absolute Gasteiger partial charge is 0.355 e. The fourth-order valence-corrected chi connectivity index (χ4v) is 5.60. The molecule has 2 heterocycles. The Kier molecular flexibility index (Phi) is 7.02. The van der Waals surface area contributed by atoms with Crippen LogP contribution in [0.25, 0.3) is 11.3 Å². The number of rotatable bonds is 5. The van der Waals surface area contributed by atoms with Crippen molar-refractivity contribution in [3.8, 4) is 11.3 Å². The molecule has 0 spiro atoms. The van der Waals surface area contributed by atoms with Gasteiger partial charge in [0.1, 0.15) is 5.15 Å². The van der Waals surface area contributed by atoms with Gasteiger partial charge in [0.05, 0.1) is 18.0 Å². The maximum absolute atomic E-state index is 12.6. The Hall–Kier alpha value is -2.75. The van der Waals surface area contributed by atoms with Crippen LogP contribution >= 0.6 is 11.6 Å². The first-order valence-electron chi connectivity index (χ1n) is 9.95. The van der Waals surface area contributed by atoms with E-state index < -0.39 is 22.1 Å². The van der Waals surface area contributed by atoms with Crippen molar-refractivity contribution >= 4 is 33.4 Å². The highest BCUT2D eigenvalue weighted by Crippen LogP contribution is 2.34. The topological polar surface area (TPSA) is 99.7 Å². The van der Waals surface area contributed by atoms with E-state index in [1.54, 1.807) is 55.3 Å². The van der Waals surface area contributed by atoms with E-state index >= 15 is 0 Å². The van der Waals surface area contributed by atoms with E-state index in [2.05, 4.69) is 16.9 Å². The lowest BCUT2D eigenvalue weighted by atomic mass is 9.99. The molecule has 1 N–H and O–H groups in total. The third-order valence-electron chi connectivity index (χ3n) is 5.34. The van der Waals surface area contributed by atoms with Crippen molar-refractivity contribution < 1.29 is 18.0 Å². The molecule has 0 bridgehead atoms. The lowest BCUT2D eigenvalue weighted by Gasteiger charge is -2.44. The van der Waals surface area contributed by atoms with E-state index in [-0.39, 0.29) is 30.1 Å². The lowest BCUT2D eigenvalue weighted by molar-refractivity contribution is -0.129. The molecule has 1 saturated heterocycles. The molecule has 1 aromatic heterocycles. The smallest absolute Gasteiger partial charge is 0.251 e. The Morgan fingerprint density at radius 1 is 1.25 bits per heavy atom. The van der Waals surface area contributed by atoms with Crippen LogP contribution in [0.1, 0.15) is 28.9 Å². The van der Waals surface area contributed by atoms with E-state index in [1.807, 2.05) is 0 Å². The zero-order valence-corrected chi connectivity index (χ0v) is 19.7. The van der Waals surface area contributed by atoms with Gasteiger partial charge in [0.15, 0.2) is 0 Å². The molecule has 3 rings (SSSR count). The van der Waals surface area contributed by atoms with Crippen LogP contribution in [0.3, 0.4) is 0 Å². The quantitative estimate of drug-likeness (QED) is 0.528. The van der Waals surface area contributed by atoms with Crippen LogP contribution in [0.15, 0.2) is 49.1 Å². The highest BCUT2D eigenvalue weighted by molar-refractivity contribution is 7.88. The molecule has 0 unspecified atom stereocenters. The minimum atomic E-state index is -3.59. The van der Waals surface area contributed by atoms with E-state index in [9.17, 15) is 18.0 Å². The van der Waals surface area contributed by atoms with Crippen molar-refractivity contribution in [3.63, 3.8) is 0 Å². The van der Waals surface area contributed by atoms with Crippen LogP contribution < -0.4 is 5.32 Å². The molecule has 0 saturated carbocycles. The average Bonchev–Trinajstić information content (AvgIpc) is 2.76. The van der Waals surface area contributed by atoms with Gasteiger partial charge in [0, 0.05) is 37.3 Å². The van der Waals surface area contributed by atoms with Crippen LogP contribution in [0.5, 0.6) is 0 Å². The Morgan fingerprint density at radius 2 is 1.97 bits per heavy atom. The third kappa shape index (κ3) is 5.01. The monoisotopic (exact) mass is 476 g/mol. The number of carbonyl (C=O) groups excluding carboxylic acids is 2. The second kappa shape index (κ2) is 9.40. The molecule has 1 aromatic carbocycles. The van der Waals surface area contributed by atoms with Crippen LogP contribution in [-0.4, -0.2) is 66.9 Å². The summed E-state index contributed by atoms with van der Waals surface area (Å²) in [6.07, 6.45) is 2.37. The fraction of sp³-hybridized carbons (Fsp3) is 0.318. The van der Waals surface area contributed by atoms with Crippen LogP contribution in [0.4, 0.5) is 0 Å². The second-order valence-corrected chi connectivity index (χ2v) is 9.95. The summed E-state index contributed by atoms with van der Waals surface area (Å²) >= 11 is 6.32. The Morgan fingerprint density at radius 3 is 2.59 bits per heavy atom. The molecular formula is C22H25ClN4O4S. The van der Waals surface area contributed by atoms with Crippen LogP contribution in [0, 0.1) is 0 Å². The van der Waals surface area contributed by atoms with Gasteiger partial charge in [0.25, 0.3) is 5.91 Å². The van der Waals surface area contributed by atoms with Crippen molar-refractivity contribution in [2.45, 2.75) is 19.0 Å². The number of carbonyl (C=O) groups is 2. The minimum absolute atomic E-state index is 0.153. The molecule has 2 atom stereocenters. The lowest BCUT2D eigenvalue weighted by Crippen LogP contribution is -2.56. The first-order chi connectivity index (χ1) is 15.0. The number of amides is 2. The van der Waals surface area contributed by atoms with Crippen molar-refractivity contribution in [3.05, 3.63) is 65.3 Å². The van der Waals surface area contributed by atoms with Gasteiger partial charge in [-0.25, -0.2) is 13.4 Å². The van der Waals surface area contributed by atoms with E-state index in [4.69, 9.17) is 11.6 Å². The molecular weight excluding hydrogens is 452 g/mol. The number of benzene rings is 1. The summed E-state index contributed by atoms with van der Waals surface area (Å²) in [6.45, 7) is 5.71. The zero-order valence-electron chi connectivity index (χ0n) is 18.1. The number of aromatic nitrogens is 1. The number of hydrogen-bond acceptors (Lipinski definition) is 5. The zero-order chi connectivity index (χ0) is 23.6. The van der Waals surface area contributed by atoms with Crippen molar-refractivity contribution in [1.29, 1.82) is 0 Å². The predicted molar refractivity (Wildman–Crippen MR) is 124 cm³/mol. The average molecular weight is 477 g/mol.